The molecule has 3 N–H and O–H groups in total. The maximum absolute atomic E-state index is 14.3. The fraction of sp³-hybridized carbons (Fsp3) is 0.191. The predicted octanol–water partition coefficient (Wildman–Crippen LogP) is 10.6. The molecule has 0 fully saturated rings. The van der Waals surface area contributed by atoms with E-state index in [1.807, 2.05) is 91.0 Å². The molecule has 288 valence electrons. The molecule has 0 saturated carbocycles. The Morgan fingerprint density at radius 3 is 2.26 bits per heavy atom. The Balaban J connectivity index is 1.16. The van der Waals surface area contributed by atoms with Gasteiger partial charge in [0, 0.05) is 21.0 Å². The number of amides is 3. The molecule has 1 aliphatic rings. The van der Waals surface area contributed by atoms with Crippen LogP contribution >= 0.6 is 23.1 Å². The first-order valence-electron chi connectivity index (χ1n) is 19.2. The van der Waals surface area contributed by atoms with Gasteiger partial charge in [-0.3, -0.25) is 14.4 Å². The SMILES string of the molecule is CCOC(=O)c1c(NC(=O)C(Sc2cccc(NC(=O)/C(=C\c3cccc4ccccc34)NC(=O)c3ccccc3)c2)c2ccccc2)sc2c1CCCCCC2. The number of fused-ring (bicyclic) bond motifs is 2. The average molecular weight is 794 g/mol. The van der Waals surface area contributed by atoms with E-state index in [-0.39, 0.29) is 18.2 Å². The molecule has 0 spiro atoms. The number of hydrogen-bond acceptors (Lipinski definition) is 7. The number of ether oxygens (including phenoxy) is 1. The summed E-state index contributed by atoms with van der Waals surface area (Å²) in [5.74, 6) is -1.61. The largest absolute Gasteiger partial charge is 0.462 e. The lowest BCUT2D eigenvalue weighted by Crippen LogP contribution is -2.30. The van der Waals surface area contributed by atoms with Gasteiger partial charge in [-0.15, -0.1) is 23.1 Å². The van der Waals surface area contributed by atoms with Gasteiger partial charge in [-0.05, 0) is 96.5 Å². The normalized spacial score (nSPS) is 13.4. The van der Waals surface area contributed by atoms with E-state index >= 15 is 0 Å². The number of rotatable bonds is 12. The molecule has 0 radical (unpaired) electrons. The van der Waals surface area contributed by atoms with E-state index < -0.39 is 23.0 Å². The molecule has 1 unspecified atom stereocenters. The standard InChI is InChI=1S/C47H43N3O5S2/c1-2-55-47(54)41-38-27-11-3-4-12-28-40(38)57-46(41)50-45(53)42(32-18-7-5-8-19-32)56-36-25-16-24-35(30-36)48-44(52)39(49-43(51)33-20-9-6-10-21-33)29-34-23-15-22-31-17-13-14-26-37(31)34/h5-10,13-26,29-30,42H,2-4,11-12,27-28H2,1H3,(H,48,52)(H,49,51)(H,50,53)/b39-29+. The predicted molar refractivity (Wildman–Crippen MR) is 231 cm³/mol. The van der Waals surface area contributed by atoms with E-state index in [0.717, 1.165) is 75.8 Å². The Hall–Kier alpha value is -5.97. The molecule has 0 saturated heterocycles. The van der Waals surface area contributed by atoms with Crippen molar-refractivity contribution in [2.45, 2.75) is 55.6 Å². The first-order chi connectivity index (χ1) is 27.9. The molecule has 3 amide bonds. The highest BCUT2D eigenvalue weighted by Crippen LogP contribution is 2.41. The molecule has 0 bridgehead atoms. The first kappa shape index (κ1) is 39.3. The van der Waals surface area contributed by atoms with Crippen molar-refractivity contribution in [3.05, 3.63) is 166 Å². The molecule has 10 heteroatoms. The van der Waals surface area contributed by atoms with Gasteiger partial charge in [-0.25, -0.2) is 4.79 Å². The number of carbonyl (C=O) groups excluding carboxylic acids is 4. The summed E-state index contributed by atoms with van der Waals surface area (Å²) in [6.07, 6.45) is 7.60. The molecule has 8 nitrogen and oxygen atoms in total. The lowest BCUT2D eigenvalue weighted by molar-refractivity contribution is -0.116. The Labute approximate surface area is 340 Å². The monoisotopic (exact) mass is 793 g/mol. The summed E-state index contributed by atoms with van der Waals surface area (Å²) in [5, 5.41) is 10.7. The van der Waals surface area contributed by atoms with Gasteiger partial charge in [0.15, 0.2) is 0 Å². The van der Waals surface area contributed by atoms with Gasteiger partial charge in [0.25, 0.3) is 11.8 Å². The zero-order chi connectivity index (χ0) is 39.6. The third kappa shape index (κ3) is 9.71. The van der Waals surface area contributed by atoms with Crippen molar-refractivity contribution in [3.63, 3.8) is 0 Å². The van der Waals surface area contributed by atoms with Crippen LogP contribution in [0.4, 0.5) is 10.7 Å². The van der Waals surface area contributed by atoms with Crippen molar-refractivity contribution in [2.24, 2.45) is 0 Å². The van der Waals surface area contributed by atoms with Crippen LogP contribution < -0.4 is 16.0 Å². The molecular weight excluding hydrogens is 751 g/mol. The van der Waals surface area contributed by atoms with Crippen LogP contribution in [0.1, 0.15) is 80.1 Å². The molecule has 6 aromatic rings. The molecule has 1 aliphatic carbocycles. The fourth-order valence-corrected chi connectivity index (χ4v) is 9.32. The molecular formula is C47H43N3O5S2. The van der Waals surface area contributed by atoms with Gasteiger partial charge in [-0.1, -0.05) is 110 Å². The Bertz CT molecular complexity index is 2420. The highest BCUT2D eigenvalue weighted by Gasteiger charge is 2.29. The van der Waals surface area contributed by atoms with Crippen LogP contribution in [0.5, 0.6) is 0 Å². The van der Waals surface area contributed by atoms with Crippen molar-refractivity contribution < 1.29 is 23.9 Å². The van der Waals surface area contributed by atoms with E-state index in [0.29, 0.717) is 21.8 Å². The Morgan fingerprint density at radius 2 is 1.47 bits per heavy atom. The van der Waals surface area contributed by atoms with E-state index in [4.69, 9.17) is 4.74 Å². The van der Waals surface area contributed by atoms with Crippen LogP contribution in [-0.2, 0) is 27.2 Å². The van der Waals surface area contributed by atoms with E-state index in [1.54, 1.807) is 49.4 Å². The van der Waals surface area contributed by atoms with Crippen molar-refractivity contribution >= 4 is 74.3 Å². The number of hydrogen-bond donors (Lipinski definition) is 3. The minimum absolute atomic E-state index is 0.0715. The number of nitrogens with one attached hydrogen (secondary N) is 3. The van der Waals surface area contributed by atoms with Crippen LogP contribution in [0.25, 0.3) is 16.8 Å². The zero-order valence-corrected chi connectivity index (χ0v) is 33.2. The third-order valence-corrected chi connectivity index (χ3v) is 12.2. The van der Waals surface area contributed by atoms with Crippen molar-refractivity contribution in [2.75, 3.05) is 17.2 Å². The number of thioether (sulfide) groups is 1. The molecule has 0 aliphatic heterocycles. The van der Waals surface area contributed by atoms with Crippen molar-refractivity contribution in [1.29, 1.82) is 0 Å². The second kappa shape index (κ2) is 18.8. The van der Waals surface area contributed by atoms with Gasteiger partial charge >= 0.3 is 5.97 Å². The summed E-state index contributed by atoms with van der Waals surface area (Å²) in [4.78, 5) is 56.9. The van der Waals surface area contributed by atoms with Gasteiger partial charge in [0.05, 0.1) is 12.2 Å². The fourth-order valence-electron chi connectivity index (χ4n) is 6.96. The maximum atomic E-state index is 14.3. The number of esters is 1. The smallest absolute Gasteiger partial charge is 0.341 e. The van der Waals surface area contributed by atoms with Crippen LogP contribution in [0, 0.1) is 0 Å². The third-order valence-electron chi connectivity index (χ3n) is 9.73. The minimum atomic E-state index is -0.691. The molecule has 1 heterocycles. The topological polar surface area (TPSA) is 114 Å². The highest BCUT2D eigenvalue weighted by atomic mass is 32.2. The maximum Gasteiger partial charge on any atom is 0.341 e. The van der Waals surface area contributed by atoms with Crippen LogP contribution in [0.2, 0.25) is 0 Å². The van der Waals surface area contributed by atoms with E-state index in [2.05, 4.69) is 16.0 Å². The van der Waals surface area contributed by atoms with Crippen molar-refractivity contribution in [1.82, 2.24) is 5.32 Å². The Kier molecular flexibility index (Phi) is 12.9. The molecule has 1 aromatic heterocycles. The van der Waals surface area contributed by atoms with Crippen molar-refractivity contribution in [3.8, 4) is 0 Å². The molecule has 5 aromatic carbocycles. The van der Waals surface area contributed by atoms with Gasteiger partial charge < -0.3 is 20.7 Å². The summed E-state index contributed by atoms with van der Waals surface area (Å²) in [6, 6.07) is 39.2. The minimum Gasteiger partial charge on any atom is -0.462 e. The second-order valence-corrected chi connectivity index (χ2v) is 16.0. The average Bonchev–Trinajstić information content (AvgIpc) is 3.55. The highest BCUT2D eigenvalue weighted by molar-refractivity contribution is 8.00. The van der Waals surface area contributed by atoms with Gasteiger partial charge in [-0.2, -0.15) is 0 Å². The summed E-state index contributed by atoms with van der Waals surface area (Å²) in [5.41, 5.74) is 4.00. The molecule has 1 atom stereocenters. The molecule has 57 heavy (non-hydrogen) atoms. The quantitative estimate of drug-likeness (QED) is 0.0646. The van der Waals surface area contributed by atoms with Crippen LogP contribution in [0.3, 0.4) is 0 Å². The van der Waals surface area contributed by atoms with Gasteiger partial charge in [0.2, 0.25) is 5.91 Å². The number of carbonyl (C=O) groups is 4. The number of thiophene rings is 1. The summed E-state index contributed by atoms with van der Waals surface area (Å²) in [6.45, 7) is 2.03. The molecule has 7 rings (SSSR count). The van der Waals surface area contributed by atoms with Crippen LogP contribution in [0.15, 0.2) is 138 Å². The first-order valence-corrected chi connectivity index (χ1v) is 20.9. The second-order valence-electron chi connectivity index (χ2n) is 13.7. The number of benzene rings is 5. The lowest BCUT2D eigenvalue weighted by Gasteiger charge is -2.18. The number of anilines is 2. The van der Waals surface area contributed by atoms with Gasteiger partial charge in [0.1, 0.15) is 15.9 Å². The number of aryl methyl sites for hydroxylation is 1. The Morgan fingerprint density at radius 1 is 0.772 bits per heavy atom. The van der Waals surface area contributed by atoms with Crippen LogP contribution in [-0.4, -0.2) is 30.3 Å². The summed E-state index contributed by atoms with van der Waals surface area (Å²) >= 11 is 2.81. The lowest BCUT2D eigenvalue weighted by atomic mass is 9.96. The summed E-state index contributed by atoms with van der Waals surface area (Å²) < 4.78 is 5.49. The van der Waals surface area contributed by atoms with E-state index in [9.17, 15) is 19.2 Å². The van der Waals surface area contributed by atoms with E-state index in [1.165, 1.54) is 23.1 Å². The summed E-state index contributed by atoms with van der Waals surface area (Å²) in [7, 11) is 0. The zero-order valence-electron chi connectivity index (χ0n) is 31.6.